The van der Waals surface area contributed by atoms with Gasteiger partial charge in [0.05, 0.1) is 0 Å². The predicted molar refractivity (Wildman–Crippen MR) is 97.6 cm³/mol. The Morgan fingerprint density at radius 2 is 2.00 bits per heavy atom. The van der Waals surface area contributed by atoms with Gasteiger partial charge in [-0.25, -0.2) is 0 Å². The molecule has 0 unspecified atom stereocenters. The molecule has 1 aromatic rings. The molecule has 0 bridgehead atoms. The maximum Gasteiger partial charge on any atom is 0.188 e. The minimum absolute atomic E-state index is 0. The number of rotatable bonds is 8. The van der Waals surface area contributed by atoms with Crippen LogP contribution in [-0.2, 0) is 6.54 Å². The van der Waals surface area contributed by atoms with Crippen molar-refractivity contribution in [1.29, 1.82) is 0 Å². The van der Waals surface area contributed by atoms with E-state index in [4.69, 9.17) is 5.73 Å². The molecule has 0 aliphatic carbocycles. The first-order chi connectivity index (χ1) is 9.22. The molecule has 1 aromatic carbocycles. The Labute approximate surface area is 139 Å². The van der Waals surface area contributed by atoms with Crippen LogP contribution in [0.4, 0.5) is 0 Å². The van der Waals surface area contributed by atoms with E-state index in [1.807, 2.05) is 6.07 Å². The number of nitrogens with zero attached hydrogens (tertiary/aromatic N) is 2. The van der Waals surface area contributed by atoms with Crippen LogP contribution in [0.1, 0.15) is 25.3 Å². The van der Waals surface area contributed by atoms with Crippen molar-refractivity contribution in [2.24, 2.45) is 10.7 Å². The van der Waals surface area contributed by atoms with Gasteiger partial charge in [0.25, 0.3) is 0 Å². The van der Waals surface area contributed by atoms with Crippen molar-refractivity contribution in [1.82, 2.24) is 10.2 Å². The lowest BCUT2D eigenvalue weighted by Gasteiger charge is -2.16. The Kier molecular flexibility index (Phi) is 11.5. The van der Waals surface area contributed by atoms with E-state index in [0.717, 1.165) is 39.0 Å². The molecule has 1 rings (SSSR count). The molecule has 4 nitrogen and oxygen atoms in total. The van der Waals surface area contributed by atoms with Crippen molar-refractivity contribution in [3.8, 4) is 0 Å². The van der Waals surface area contributed by atoms with E-state index < -0.39 is 0 Å². The smallest absolute Gasteiger partial charge is 0.188 e. The second-order valence-corrected chi connectivity index (χ2v) is 4.77. The fraction of sp³-hybridized carbons (Fsp3) is 0.533. The van der Waals surface area contributed by atoms with E-state index >= 15 is 0 Å². The lowest BCUT2D eigenvalue weighted by molar-refractivity contribution is 0.322. The van der Waals surface area contributed by atoms with Crippen molar-refractivity contribution < 1.29 is 0 Å². The number of halogens is 1. The average Bonchev–Trinajstić information content (AvgIpc) is 2.42. The van der Waals surface area contributed by atoms with Gasteiger partial charge in [0.15, 0.2) is 5.96 Å². The first kappa shape index (κ1) is 19.2. The van der Waals surface area contributed by atoms with Crippen LogP contribution in [0.15, 0.2) is 35.3 Å². The molecule has 0 saturated carbocycles. The zero-order valence-corrected chi connectivity index (χ0v) is 14.8. The summed E-state index contributed by atoms with van der Waals surface area (Å²) in [5.41, 5.74) is 7.07. The highest BCUT2D eigenvalue weighted by atomic mass is 127. The summed E-state index contributed by atoms with van der Waals surface area (Å²) in [7, 11) is 2.14. The van der Waals surface area contributed by atoms with Crippen LogP contribution in [0.3, 0.4) is 0 Å². The number of aliphatic imine (C=N–C) groups is 1. The van der Waals surface area contributed by atoms with E-state index in [1.165, 1.54) is 5.56 Å². The van der Waals surface area contributed by atoms with Gasteiger partial charge in [-0.15, -0.1) is 24.0 Å². The summed E-state index contributed by atoms with van der Waals surface area (Å²) in [5, 5.41) is 3.14. The van der Waals surface area contributed by atoms with Crippen LogP contribution in [0, 0.1) is 0 Å². The second-order valence-electron chi connectivity index (χ2n) is 4.77. The molecule has 3 N–H and O–H groups in total. The molecule has 114 valence electrons. The van der Waals surface area contributed by atoms with E-state index in [9.17, 15) is 0 Å². The Balaban J connectivity index is 0.00000361. The number of nitrogens with one attached hydrogen (secondary N) is 1. The lowest BCUT2D eigenvalue weighted by atomic mass is 10.2. The van der Waals surface area contributed by atoms with Crippen LogP contribution < -0.4 is 11.1 Å². The highest BCUT2D eigenvalue weighted by Gasteiger charge is 1.99. The van der Waals surface area contributed by atoms with Crippen molar-refractivity contribution in [2.45, 2.75) is 26.3 Å². The number of nitrogens with two attached hydrogens (primary N) is 1. The van der Waals surface area contributed by atoms with Crippen LogP contribution in [-0.4, -0.2) is 37.5 Å². The monoisotopic (exact) mass is 390 g/mol. The maximum atomic E-state index is 5.73. The van der Waals surface area contributed by atoms with Gasteiger partial charge in [0.1, 0.15) is 0 Å². The Morgan fingerprint density at radius 1 is 1.30 bits per heavy atom. The molecule has 0 saturated heterocycles. The standard InChI is InChI=1S/C15H26N4.HI/c1-3-10-17-15(16)18-11-7-12-19(2)13-14-8-5-4-6-9-14;/h4-6,8-9H,3,7,10-13H2,1-2H3,(H3,16,17,18);1H. The van der Waals surface area contributed by atoms with Gasteiger partial charge in [-0.2, -0.15) is 0 Å². The Morgan fingerprint density at radius 3 is 2.65 bits per heavy atom. The van der Waals surface area contributed by atoms with Gasteiger partial charge in [-0.1, -0.05) is 37.3 Å². The molecule has 0 heterocycles. The van der Waals surface area contributed by atoms with Crippen LogP contribution in [0.2, 0.25) is 0 Å². The fourth-order valence-electron chi connectivity index (χ4n) is 1.83. The van der Waals surface area contributed by atoms with Gasteiger partial charge < -0.3 is 16.0 Å². The number of hydrogen-bond acceptors (Lipinski definition) is 2. The third kappa shape index (κ3) is 9.14. The SMILES string of the molecule is CCCN=C(N)NCCCN(C)Cc1ccccc1.I. The molecule has 0 radical (unpaired) electrons. The quantitative estimate of drug-likeness (QED) is 0.310. The van der Waals surface area contributed by atoms with Crippen molar-refractivity contribution in [2.75, 3.05) is 26.7 Å². The fourth-order valence-corrected chi connectivity index (χ4v) is 1.83. The van der Waals surface area contributed by atoms with Gasteiger partial charge in [0, 0.05) is 19.6 Å². The van der Waals surface area contributed by atoms with Gasteiger partial charge in [-0.3, -0.25) is 4.99 Å². The van der Waals surface area contributed by atoms with Crippen molar-refractivity contribution in [3.63, 3.8) is 0 Å². The zero-order valence-electron chi connectivity index (χ0n) is 12.5. The van der Waals surface area contributed by atoms with E-state index in [1.54, 1.807) is 0 Å². The maximum absolute atomic E-state index is 5.73. The summed E-state index contributed by atoms with van der Waals surface area (Å²) in [4.78, 5) is 6.51. The zero-order chi connectivity index (χ0) is 13.9. The summed E-state index contributed by atoms with van der Waals surface area (Å²) in [6.07, 6.45) is 2.09. The molecule has 0 atom stereocenters. The van der Waals surface area contributed by atoms with Crippen LogP contribution in [0.25, 0.3) is 0 Å². The second kappa shape index (κ2) is 12.0. The number of hydrogen-bond donors (Lipinski definition) is 2. The molecule has 20 heavy (non-hydrogen) atoms. The minimum Gasteiger partial charge on any atom is -0.370 e. The topological polar surface area (TPSA) is 53.6 Å². The molecular weight excluding hydrogens is 363 g/mol. The highest BCUT2D eigenvalue weighted by molar-refractivity contribution is 14.0. The molecule has 0 fully saturated rings. The van der Waals surface area contributed by atoms with Gasteiger partial charge in [-0.05, 0) is 32.0 Å². The van der Waals surface area contributed by atoms with Crippen molar-refractivity contribution in [3.05, 3.63) is 35.9 Å². The number of guanidine groups is 1. The molecule has 0 spiro atoms. The predicted octanol–water partition coefficient (Wildman–Crippen LogP) is 2.44. The lowest BCUT2D eigenvalue weighted by Crippen LogP contribution is -2.34. The normalized spacial score (nSPS) is 11.2. The molecular formula is C15H27IN4. The molecule has 0 aliphatic heterocycles. The Hall–Kier alpha value is -0.820. The van der Waals surface area contributed by atoms with Gasteiger partial charge in [0.2, 0.25) is 0 Å². The summed E-state index contributed by atoms with van der Waals surface area (Å²) in [6, 6.07) is 10.5. The highest BCUT2D eigenvalue weighted by Crippen LogP contribution is 2.02. The molecule has 0 amide bonds. The third-order valence-corrected chi connectivity index (χ3v) is 2.82. The van der Waals surface area contributed by atoms with E-state index in [-0.39, 0.29) is 24.0 Å². The first-order valence-corrected chi connectivity index (χ1v) is 6.98. The summed E-state index contributed by atoms with van der Waals surface area (Å²) in [6.45, 7) is 5.80. The largest absolute Gasteiger partial charge is 0.370 e. The molecule has 5 heteroatoms. The van der Waals surface area contributed by atoms with E-state index in [0.29, 0.717) is 5.96 Å². The number of benzene rings is 1. The molecule has 0 aliphatic rings. The average molecular weight is 390 g/mol. The summed E-state index contributed by atoms with van der Waals surface area (Å²) >= 11 is 0. The third-order valence-electron chi connectivity index (χ3n) is 2.82. The van der Waals surface area contributed by atoms with Crippen LogP contribution in [0.5, 0.6) is 0 Å². The minimum atomic E-state index is 0. The van der Waals surface area contributed by atoms with Crippen LogP contribution >= 0.6 is 24.0 Å². The Bertz CT molecular complexity index is 367. The first-order valence-electron chi connectivity index (χ1n) is 6.98. The van der Waals surface area contributed by atoms with Gasteiger partial charge >= 0.3 is 0 Å². The molecule has 0 aromatic heterocycles. The van der Waals surface area contributed by atoms with Crippen molar-refractivity contribution >= 4 is 29.9 Å². The summed E-state index contributed by atoms with van der Waals surface area (Å²) < 4.78 is 0. The van der Waals surface area contributed by atoms with E-state index in [2.05, 4.69) is 53.4 Å². The summed E-state index contributed by atoms with van der Waals surface area (Å²) in [5.74, 6) is 0.563.